The van der Waals surface area contributed by atoms with Crippen molar-refractivity contribution in [2.45, 2.75) is 19.8 Å². The van der Waals surface area contributed by atoms with E-state index in [-0.39, 0.29) is 5.97 Å². The van der Waals surface area contributed by atoms with Crippen molar-refractivity contribution in [2.24, 2.45) is 5.92 Å². The topological polar surface area (TPSA) is 35.5 Å². The highest BCUT2D eigenvalue weighted by molar-refractivity contribution is 5.74. The fraction of sp³-hybridized carbons (Fsp3) is 0.278. The van der Waals surface area contributed by atoms with E-state index in [0.29, 0.717) is 11.7 Å². The summed E-state index contributed by atoms with van der Waals surface area (Å²) in [6.45, 7) is 2.18. The van der Waals surface area contributed by atoms with Crippen molar-refractivity contribution in [3.05, 3.63) is 48.5 Å². The minimum atomic E-state index is -0.314. The lowest BCUT2D eigenvalue weighted by atomic mass is 10.0. The molecule has 0 unspecified atom stereocenters. The number of para-hydroxylation sites is 1. The van der Waals surface area contributed by atoms with Crippen LogP contribution in [0.2, 0.25) is 0 Å². The molecule has 21 heavy (non-hydrogen) atoms. The first kappa shape index (κ1) is 13.7. The number of esters is 1. The molecule has 1 saturated carbocycles. The molecule has 0 bridgehead atoms. The lowest BCUT2D eigenvalue weighted by Gasteiger charge is -2.12. The highest BCUT2D eigenvalue weighted by atomic mass is 16.5. The predicted octanol–water partition coefficient (Wildman–Crippen LogP) is 4.07. The first-order valence-electron chi connectivity index (χ1n) is 7.23. The molecule has 0 radical (unpaired) electrons. The van der Waals surface area contributed by atoms with Crippen LogP contribution >= 0.6 is 0 Å². The third-order valence-electron chi connectivity index (χ3n) is 3.47. The van der Waals surface area contributed by atoms with Gasteiger partial charge in [-0.15, -0.1) is 0 Å². The number of ether oxygens (including phenoxy) is 2. The molecule has 0 saturated heterocycles. The molecule has 2 aromatic rings. The van der Waals surface area contributed by atoms with E-state index in [9.17, 15) is 4.79 Å². The van der Waals surface area contributed by atoms with Crippen LogP contribution < -0.4 is 9.47 Å². The summed E-state index contributed by atoms with van der Waals surface area (Å²) in [7, 11) is 0. The highest BCUT2D eigenvalue weighted by Crippen LogP contribution is 2.34. The van der Waals surface area contributed by atoms with Crippen LogP contribution in [0, 0.1) is 5.92 Å². The van der Waals surface area contributed by atoms with Crippen LogP contribution in [0.4, 0.5) is 0 Å². The summed E-state index contributed by atoms with van der Waals surface area (Å²) in [6.07, 6.45) is 2.54. The second-order valence-electron chi connectivity index (χ2n) is 5.37. The van der Waals surface area contributed by atoms with E-state index in [1.54, 1.807) is 6.07 Å². The Bertz CT molecular complexity index is 644. The maximum absolute atomic E-state index is 11.1. The Kier molecular flexibility index (Phi) is 3.91. The molecular weight excluding hydrogens is 264 g/mol. The van der Waals surface area contributed by atoms with Crippen molar-refractivity contribution < 1.29 is 14.3 Å². The van der Waals surface area contributed by atoms with Crippen LogP contribution in [0.5, 0.6) is 11.5 Å². The maximum atomic E-state index is 11.1. The first-order valence-corrected chi connectivity index (χ1v) is 7.23. The summed E-state index contributed by atoms with van der Waals surface area (Å²) >= 11 is 0. The Labute approximate surface area is 124 Å². The van der Waals surface area contributed by atoms with Gasteiger partial charge in [-0.1, -0.05) is 30.3 Å². The summed E-state index contributed by atoms with van der Waals surface area (Å²) in [5.74, 6) is 1.83. The van der Waals surface area contributed by atoms with E-state index in [1.807, 2.05) is 42.5 Å². The van der Waals surface area contributed by atoms with E-state index in [0.717, 1.165) is 23.5 Å². The molecule has 108 valence electrons. The fourth-order valence-electron chi connectivity index (χ4n) is 2.22. The predicted molar refractivity (Wildman–Crippen MR) is 81.4 cm³/mol. The van der Waals surface area contributed by atoms with Crippen molar-refractivity contribution in [2.75, 3.05) is 6.61 Å². The minimum Gasteiger partial charge on any atom is -0.493 e. The molecule has 0 aromatic heterocycles. The minimum absolute atomic E-state index is 0.314. The Balaban J connectivity index is 1.86. The third kappa shape index (κ3) is 3.63. The number of rotatable bonds is 5. The number of carbonyl (C=O) groups excluding carboxylic acids is 1. The normalized spacial score (nSPS) is 13.8. The molecule has 0 aliphatic heterocycles. The second kappa shape index (κ2) is 6.00. The molecule has 3 rings (SSSR count). The third-order valence-corrected chi connectivity index (χ3v) is 3.47. The Hall–Kier alpha value is -2.29. The monoisotopic (exact) mass is 282 g/mol. The van der Waals surface area contributed by atoms with E-state index in [2.05, 4.69) is 0 Å². The van der Waals surface area contributed by atoms with Crippen molar-refractivity contribution in [3.8, 4) is 22.6 Å². The molecule has 0 heterocycles. The lowest BCUT2D eigenvalue weighted by Crippen LogP contribution is -2.02. The van der Waals surface area contributed by atoms with Gasteiger partial charge in [0.15, 0.2) is 0 Å². The van der Waals surface area contributed by atoms with E-state index < -0.39 is 0 Å². The van der Waals surface area contributed by atoms with Gasteiger partial charge in [-0.05, 0) is 42.5 Å². The number of hydrogen-bond acceptors (Lipinski definition) is 3. The second-order valence-corrected chi connectivity index (χ2v) is 5.37. The SMILES string of the molecule is CC(=O)Oc1cccc(-c2ccccc2OCC2CC2)c1. The van der Waals surface area contributed by atoms with Gasteiger partial charge in [0.2, 0.25) is 0 Å². The molecule has 1 fully saturated rings. The largest absolute Gasteiger partial charge is 0.493 e. The number of carbonyl (C=O) groups is 1. The molecule has 3 heteroatoms. The fourth-order valence-corrected chi connectivity index (χ4v) is 2.22. The maximum Gasteiger partial charge on any atom is 0.308 e. The van der Waals surface area contributed by atoms with Crippen molar-refractivity contribution in [1.82, 2.24) is 0 Å². The highest BCUT2D eigenvalue weighted by Gasteiger charge is 2.22. The molecule has 1 aliphatic rings. The van der Waals surface area contributed by atoms with Gasteiger partial charge in [-0.3, -0.25) is 4.79 Å². The first-order chi connectivity index (χ1) is 10.2. The number of hydrogen-bond donors (Lipinski definition) is 0. The summed E-state index contributed by atoms with van der Waals surface area (Å²) in [5.41, 5.74) is 2.01. The van der Waals surface area contributed by atoms with Crippen molar-refractivity contribution in [1.29, 1.82) is 0 Å². The van der Waals surface area contributed by atoms with Gasteiger partial charge in [-0.2, -0.15) is 0 Å². The molecule has 1 aliphatic carbocycles. The molecular formula is C18H18O3. The average molecular weight is 282 g/mol. The van der Waals surface area contributed by atoms with Gasteiger partial charge in [0.1, 0.15) is 11.5 Å². The molecule has 0 atom stereocenters. The summed E-state index contributed by atoms with van der Waals surface area (Å²) < 4.78 is 11.1. The molecule has 0 spiro atoms. The molecule has 2 aromatic carbocycles. The Morgan fingerprint density at radius 1 is 1.14 bits per heavy atom. The van der Waals surface area contributed by atoms with E-state index >= 15 is 0 Å². The summed E-state index contributed by atoms with van der Waals surface area (Å²) in [4.78, 5) is 11.1. The standard InChI is InChI=1S/C18H18O3/c1-13(19)21-16-6-4-5-15(11-16)17-7-2-3-8-18(17)20-12-14-9-10-14/h2-8,11,14H,9-10,12H2,1H3. The quantitative estimate of drug-likeness (QED) is 0.612. The molecule has 0 amide bonds. The summed E-state index contributed by atoms with van der Waals surface area (Å²) in [5, 5.41) is 0. The summed E-state index contributed by atoms with van der Waals surface area (Å²) in [6, 6.07) is 15.5. The van der Waals surface area contributed by atoms with Gasteiger partial charge < -0.3 is 9.47 Å². The van der Waals surface area contributed by atoms with E-state index in [1.165, 1.54) is 19.8 Å². The zero-order chi connectivity index (χ0) is 14.7. The van der Waals surface area contributed by atoms with Gasteiger partial charge >= 0.3 is 5.97 Å². The van der Waals surface area contributed by atoms with Crippen LogP contribution in [0.25, 0.3) is 11.1 Å². The van der Waals surface area contributed by atoms with Crippen LogP contribution in [0.15, 0.2) is 48.5 Å². The van der Waals surface area contributed by atoms with Crippen molar-refractivity contribution >= 4 is 5.97 Å². The van der Waals surface area contributed by atoms with Gasteiger partial charge in [0, 0.05) is 12.5 Å². The van der Waals surface area contributed by atoms with Crippen LogP contribution in [0.3, 0.4) is 0 Å². The zero-order valence-electron chi connectivity index (χ0n) is 12.0. The Morgan fingerprint density at radius 2 is 1.95 bits per heavy atom. The van der Waals surface area contributed by atoms with Gasteiger partial charge in [-0.25, -0.2) is 0 Å². The van der Waals surface area contributed by atoms with Crippen molar-refractivity contribution in [3.63, 3.8) is 0 Å². The Morgan fingerprint density at radius 3 is 2.71 bits per heavy atom. The van der Waals surface area contributed by atoms with Crippen LogP contribution in [-0.4, -0.2) is 12.6 Å². The average Bonchev–Trinajstić information content (AvgIpc) is 3.29. The van der Waals surface area contributed by atoms with Gasteiger partial charge in [0.25, 0.3) is 0 Å². The van der Waals surface area contributed by atoms with Crippen LogP contribution in [-0.2, 0) is 4.79 Å². The lowest BCUT2D eigenvalue weighted by molar-refractivity contribution is -0.131. The smallest absolute Gasteiger partial charge is 0.308 e. The van der Waals surface area contributed by atoms with E-state index in [4.69, 9.17) is 9.47 Å². The molecule has 0 N–H and O–H groups in total. The number of benzene rings is 2. The molecule has 3 nitrogen and oxygen atoms in total. The zero-order valence-corrected chi connectivity index (χ0v) is 12.0. The van der Waals surface area contributed by atoms with Gasteiger partial charge in [0.05, 0.1) is 6.61 Å². The van der Waals surface area contributed by atoms with Crippen LogP contribution in [0.1, 0.15) is 19.8 Å².